The number of carbonyl (C=O) groups is 1. The summed E-state index contributed by atoms with van der Waals surface area (Å²) in [5, 5.41) is 0. The van der Waals surface area contributed by atoms with Gasteiger partial charge in [-0.25, -0.2) is 14.6 Å². The zero-order valence-corrected chi connectivity index (χ0v) is 21.0. The molecule has 0 unspecified atom stereocenters. The van der Waals surface area contributed by atoms with E-state index in [0.29, 0.717) is 36.5 Å². The predicted molar refractivity (Wildman–Crippen MR) is 132 cm³/mol. The van der Waals surface area contributed by atoms with Gasteiger partial charge in [-0.2, -0.15) is 4.89 Å². The van der Waals surface area contributed by atoms with Crippen molar-refractivity contribution in [3.8, 4) is 0 Å². The lowest BCUT2D eigenvalue weighted by molar-refractivity contribution is -0.297. The number of aromatic nitrogens is 4. The van der Waals surface area contributed by atoms with Gasteiger partial charge in [0.2, 0.25) is 0 Å². The summed E-state index contributed by atoms with van der Waals surface area (Å²) in [6.45, 7) is 7.55. The van der Waals surface area contributed by atoms with Gasteiger partial charge >= 0.3 is 11.7 Å². The van der Waals surface area contributed by atoms with Crippen LogP contribution < -0.4 is 11.2 Å². The van der Waals surface area contributed by atoms with E-state index < -0.39 is 16.9 Å². The van der Waals surface area contributed by atoms with Crippen LogP contribution >= 0.6 is 0 Å². The van der Waals surface area contributed by atoms with Crippen LogP contribution in [0.1, 0.15) is 77.1 Å². The second kappa shape index (κ2) is 10.2. The summed E-state index contributed by atoms with van der Waals surface area (Å²) < 4.78 is 4.53. The van der Waals surface area contributed by atoms with E-state index in [-0.39, 0.29) is 18.3 Å². The summed E-state index contributed by atoms with van der Waals surface area (Å²) in [4.78, 5) is 54.5. The highest BCUT2D eigenvalue weighted by atomic mass is 17.2. The Morgan fingerprint density at radius 1 is 1.06 bits per heavy atom. The number of benzene rings is 1. The van der Waals surface area contributed by atoms with Gasteiger partial charge in [-0.3, -0.25) is 23.4 Å². The van der Waals surface area contributed by atoms with Gasteiger partial charge in [0, 0.05) is 12.5 Å². The van der Waals surface area contributed by atoms with Crippen LogP contribution in [-0.4, -0.2) is 24.7 Å². The van der Waals surface area contributed by atoms with Crippen molar-refractivity contribution in [1.29, 1.82) is 0 Å². The lowest BCUT2D eigenvalue weighted by Gasteiger charge is -2.17. The lowest BCUT2D eigenvalue weighted by Crippen LogP contribution is -2.41. The molecule has 0 amide bonds. The Kier molecular flexibility index (Phi) is 7.25. The molecule has 0 spiro atoms. The molecule has 3 aromatic rings. The molecular formula is C26H34N4O5. The molecule has 0 N–H and O–H groups in total. The number of rotatable bonds is 8. The molecule has 2 heterocycles. The van der Waals surface area contributed by atoms with Gasteiger partial charge in [0.05, 0.1) is 12.0 Å². The quantitative estimate of drug-likeness (QED) is 0.356. The monoisotopic (exact) mass is 482 g/mol. The lowest BCUT2D eigenvalue weighted by atomic mass is 9.98. The number of carbonyl (C=O) groups excluding carboxylic acids is 1. The number of fused-ring (bicyclic) bond motifs is 1. The maximum absolute atomic E-state index is 13.6. The van der Waals surface area contributed by atoms with E-state index in [2.05, 4.69) is 0 Å². The van der Waals surface area contributed by atoms with E-state index >= 15 is 0 Å². The molecule has 0 bridgehead atoms. The van der Waals surface area contributed by atoms with Crippen molar-refractivity contribution < 1.29 is 14.6 Å². The number of imidazole rings is 1. The second-order valence-electron chi connectivity index (χ2n) is 10.2. The van der Waals surface area contributed by atoms with Crippen LogP contribution in [0.3, 0.4) is 0 Å². The molecule has 0 saturated heterocycles. The van der Waals surface area contributed by atoms with E-state index in [4.69, 9.17) is 14.8 Å². The third kappa shape index (κ3) is 5.10. The molecule has 0 aliphatic heterocycles. The standard InChI is InChI=1S/C26H34N4O5/c1-5-15-28-23(31)20-22(29(25(28)33)16-18-11-7-6-8-12-18)27-21(19-13-9-10-14-19)30(20)17-34-35-24(32)26(2,3)4/h6-8,11-12,19H,5,9-10,13-17H2,1-4H3. The maximum atomic E-state index is 13.6. The number of hydrogen-bond acceptors (Lipinski definition) is 6. The molecule has 9 nitrogen and oxygen atoms in total. The first-order chi connectivity index (χ1) is 16.7. The third-order valence-electron chi connectivity index (χ3n) is 6.42. The summed E-state index contributed by atoms with van der Waals surface area (Å²) in [6.07, 6.45) is 4.67. The molecule has 1 fully saturated rings. The summed E-state index contributed by atoms with van der Waals surface area (Å²) in [6, 6.07) is 9.64. The van der Waals surface area contributed by atoms with Crippen LogP contribution in [0.25, 0.3) is 11.2 Å². The van der Waals surface area contributed by atoms with E-state index in [0.717, 1.165) is 31.2 Å². The molecule has 4 rings (SSSR count). The molecule has 188 valence electrons. The van der Waals surface area contributed by atoms with Crippen LogP contribution in [0.5, 0.6) is 0 Å². The molecule has 9 heteroatoms. The van der Waals surface area contributed by atoms with Crippen LogP contribution in [0.4, 0.5) is 0 Å². The van der Waals surface area contributed by atoms with Gasteiger partial charge in [0.25, 0.3) is 5.56 Å². The van der Waals surface area contributed by atoms with Crippen LogP contribution in [0.2, 0.25) is 0 Å². The summed E-state index contributed by atoms with van der Waals surface area (Å²) in [5.41, 5.74) is 0.0565. The molecule has 0 atom stereocenters. The molecule has 35 heavy (non-hydrogen) atoms. The minimum Gasteiger partial charge on any atom is -0.296 e. The number of nitrogens with zero attached hydrogens (tertiary/aromatic N) is 4. The van der Waals surface area contributed by atoms with Gasteiger partial charge in [0.15, 0.2) is 17.9 Å². The highest BCUT2D eigenvalue weighted by molar-refractivity contribution is 5.74. The van der Waals surface area contributed by atoms with Crippen molar-refractivity contribution in [2.75, 3.05) is 0 Å². The zero-order chi connectivity index (χ0) is 25.2. The first-order valence-corrected chi connectivity index (χ1v) is 12.3. The molecule has 1 aliphatic rings. The fraction of sp³-hybridized carbons (Fsp3) is 0.538. The Morgan fingerprint density at radius 3 is 2.37 bits per heavy atom. The smallest absolute Gasteiger partial charge is 0.296 e. The van der Waals surface area contributed by atoms with Crippen molar-refractivity contribution in [2.24, 2.45) is 5.41 Å². The Labute approximate surface area is 204 Å². The van der Waals surface area contributed by atoms with Crippen LogP contribution in [0.15, 0.2) is 39.9 Å². The van der Waals surface area contributed by atoms with E-state index in [1.165, 1.54) is 4.57 Å². The maximum Gasteiger partial charge on any atom is 0.347 e. The topological polar surface area (TPSA) is 97.3 Å². The van der Waals surface area contributed by atoms with Crippen molar-refractivity contribution >= 4 is 17.1 Å². The van der Waals surface area contributed by atoms with Crippen LogP contribution in [0, 0.1) is 5.41 Å². The molecule has 2 aromatic heterocycles. The fourth-order valence-electron chi connectivity index (χ4n) is 4.52. The third-order valence-corrected chi connectivity index (χ3v) is 6.42. The molecule has 0 radical (unpaired) electrons. The number of hydrogen-bond donors (Lipinski definition) is 0. The summed E-state index contributed by atoms with van der Waals surface area (Å²) in [7, 11) is 0. The average Bonchev–Trinajstić information content (AvgIpc) is 3.48. The fourth-order valence-corrected chi connectivity index (χ4v) is 4.52. The Balaban J connectivity index is 1.87. The van der Waals surface area contributed by atoms with Crippen molar-refractivity contribution in [3.05, 3.63) is 62.6 Å². The molecule has 1 saturated carbocycles. The normalized spacial score (nSPS) is 14.6. The Bertz CT molecular complexity index is 1310. The van der Waals surface area contributed by atoms with Crippen molar-refractivity contribution in [1.82, 2.24) is 18.7 Å². The molecule has 1 aromatic carbocycles. The van der Waals surface area contributed by atoms with Gasteiger partial charge in [-0.1, -0.05) is 50.1 Å². The SMILES string of the molecule is CCCn1c(=O)c2c(nc(C3CCCC3)n2COOC(=O)C(C)(C)C)n(Cc2ccccc2)c1=O. The van der Waals surface area contributed by atoms with Gasteiger partial charge < -0.3 is 0 Å². The second-order valence-corrected chi connectivity index (χ2v) is 10.2. The van der Waals surface area contributed by atoms with E-state index in [9.17, 15) is 14.4 Å². The minimum atomic E-state index is -0.727. The van der Waals surface area contributed by atoms with Crippen molar-refractivity contribution in [3.63, 3.8) is 0 Å². The average molecular weight is 483 g/mol. The zero-order valence-electron chi connectivity index (χ0n) is 21.0. The Hall–Kier alpha value is -3.20. The van der Waals surface area contributed by atoms with Gasteiger partial charge in [-0.15, -0.1) is 0 Å². The van der Waals surface area contributed by atoms with Crippen LogP contribution in [-0.2, 0) is 34.4 Å². The van der Waals surface area contributed by atoms with E-state index in [1.54, 1.807) is 29.9 Å². The Morgan fingerprint density at radius 2 is 1.74 bits per heavy atom. The first kappa shape index (κ1) is 24.9. The first-order valence-electron chi connectivity index (χ1n) is 12.3. The molecular weight excluding hydrogens is 448 g/mol. The largest absolute Gasteiger partial charge is 0.347 e. The molecule has 1 aliphatic carbocycles. The minimum absolute atomic E-state index is 0.142. The van der Waals surface area contributed by atoms with Crippen molar-refractivity contribution in [2.45, 2.75) is 85.5 Å². The summed E-state index contributed by atoms with van der Waals surface area (Å²) >= 11 is 0. The highest BCUT2D eigenvalue weighted by Gasteiger charge is 2.29. The van der Waals surface area contributed by atoms with E-state index in [1.807, 2.05) is 37.3 Å². The predicted octanol–water partition coefficient (Wildman–Crippen LogP) is 3.95. The van der Waals surface area contributed by atoms with Gasteiger partial charge in [-0.05, 0) is 45.6 Å². The van der Waals surface area contributed by atoms with Gasteiger partial charge in [0.1, 0.15) is 5.82 Å². The summed E-state index contributed by atoms with van der Waals surface area (Å²) in [5.74, 6) is 0.328. The highest BCUT2D eigenvalue weighted by Crippen LogP contribution is 2.34.